The molecule has 0 unspecified atom stereocenters. The van der Waals surface area contributed by atoms with Crippen LogP contribution >= 0.6 is 0 Å². The smallest absolute Gasteiger partial charge is 0.416 e. The number of benzene rings is 2. The summed E-state index contributed by atoms with van der Waals surface area (Å²) in [7, 11) is 0. The van der Waals surface area contributed by atoms with Gasteiger partial charge in [-0.2, -0.15) is 13.2 Å². The summed E-state index contributed by atoms with van der Waals surface area (Å²) in [6.45, 7) is 0.643. The Morgan fingerprint density at radius 2 is 1.80 bits per heavy atom. The second-order valence-corrected chi connectivity index (χ2v) is 8.25. The minimum atomic E-state index is -4.52. The third kappa shape index (κ3) is 5.60. The molecule has 1 fully saturated rings. The number of aromatic nitrogens is 1. The van der Waals surface area contributed by atoms with Crippen molar-refractivity contribution in [2.24, 2.45) is 11.5 Å². The van der Waals surface area contributed by atoms with Crippen LogP contribution in [0.25, 0.3) is 11.3 Å². The molecule has 4 N–H and O–H groups in total. The molecule has 1 saturated heterocycles. The number of rotatable bonds is 7. The van der Waals surface area contributed by atoms with Gasteiger partial charge < -0.3 is 16.2 Å². The van der Waals surface area contributed by atoms with Gasteiger partial charge in [-0.05, 0) is 74.0 Å². The predicted octanol–water partition coefficient (Wildman–Crippen LogP) is 4.11. The van der Waals surface area contributed by atoms with Crippen molar-refractivity contribution in [2.45, 2.75) is 31.6 Å². The van der Waals surface area contributed by atoms with Crippen LogP contribution in [0.5, 0.6) is 11.5 Å². The summed E-state index contributed by atoms with van der Waals surface area (Å²) in [5.74, 6) is -0.497. The fourth-order valence-electron chi connectivity index (χ4n) is 4.09. The van der Waals surface area contributed by atoms with E-state index in [0.29, 0.717) is 35.5 Å². The fraction of sp³-hybridized carbons (Fsp3) is 0.240. The number of nitrogens with zero attached hydrogens (tertiary/aromatic N) is 2. The molecule has 0 aliphatic carbocycles. The van der Waals surface area contributed by atoms with Gasteiger partial charge in [0.15, 0.2) is 0 Å². The second-order valence-electron chi connectivity index (χ2n) is 8.25. The first-order chi connectivity index (χ1) is 16.6. The zero-order valence-electron chi connectivity index (χ0n) is 18.6. The fourth-order valence-corrected chi connectivity index (χ4v) is 4.09. The van der Waals surface area contributed by atoms with Crippen LogP contribution in [0.1, 0.15) is 34.5 Å². The standard InChI is InChI=1S/C25H23F3N4O3/c26-25(27,28)17-8-11-22(16(13-17)14-32-12-2-5-21(32)24(30)34)35-18-9-6-15(7-10-18)19-3-1-4-20(31-19)23(29)33/h1,3-4,6-11,13,21H,2,5,12,14H2,(H2,29,33)(H2,30,34)/t21-/m0/s1. The average Bonchev–Trinajstić information content (AvgIpc) is 3.28. The number of hydrogen-bond acceptors (Lipinski definition) is 5. The Kier molecular flexibility index (Phi) is 6.74. The maximum absolute atomic E-state index is 13.4. The lowest BCUT2D eigenvalue weighted by molar-refractivity contribution is -0.137. The van der Waals surface area contributed by atoms with Crippen LogP contribution in [0.3, 0.4) is 0 Å². The molecule has 2 amide bonds. The van der Waals surface area contributed by atoms with Gasteiger partial charge in [-0.15, -0.1) is 0 Å². The highest BCUT2D eigenvalue weighted by Crippen LogP contribution is 2.36. The number of carbonyl (C=O) groups is 2. The number of primary amides is 2. The number of alkyl halides is 3. The molecule has 10 heteroatoms. The summed E-state index contributed by atoms with van der Waals surface area (Å²) in [6, 6.07) is 14.4. The van der Waals surface area contributed by atoms with Crippen molar-refractivity contribution in [3.05, 3.63) is 77.5 Å². The van der Waals surface area contributed by atoms with E-state index in [4.69, 9.17) is 16.2 Å². The van der Waals surface area contributed by atoms with Crippen molar-refractivity contribution >= 4 is 11.8 Å². The van der Waals surface area contributed by atoms with Gasteiger partial charge in [-0.25, -0.2) is 4.98 Å². The van der Waals surface area contributed by atoms with Crippen LogP contribution in [-0.2, 0) is 17.5 Å². The van der Waals surface area contributed by atoms with E-state index < -0.39 is 29.6 Å². The van der Waals surface area contributed by atoms with E-state index in [0.717, 1.165) is 18.6 Å². The van der Waals surface area contributed by atoms with Gasteiger partial charge in [0.25, 0.3) is 5.91 Å². The highest BCUT2D eigenvalue weighted by atomic mass is 19.4. The lowest BCUT2D eigenvalue weighted by Gasteiger charge is -2.24. The first-order valence-corrected chi connectivity index (χ1v) is 10.9. The molecular weight excluding hydrogens is 461 g/mol. The Bertz CT molecular complexity index is 1250. The van der Waals surface area contributed by atoms with E-state index in [9.17, 15) is 22.8 Å². The van der Waals surface area contributed by atoms with Gasteiger partial charge in [0.2, 0.25) is 5.91 Å². The van der Waals surface area contributed by atoms with Gasteiger partial charge in [0.1, 0.15) is 17.2 Å². The Morgan fingerprint density at radius 3 is 2.46 bits per heavy atom. The van der Waals surface area contributed by atoms with Crippen molar-refractivity contribution in [3.63, 3.8) is 0 Å². The summed E-state index contributed by atoms with van der Waals surface area (Å²) in [6.07, 6.45) is -3.22. The Labute approximate surface area is 199 Å². The average molecular weight is 484 g/mol. The largest absolute Gasteiger partial charge is 0.457 e. The molecule has 7 nitrogen and oxygen atoms in total. The van der Waals surface area contributed by atoms with Crippen molar-refractivity contribution < 1.29 is 27.5 Å². The van der Waals surface area contributed by atoms with E-state index >= 15 is 0 Å². The Balaban J connectivity index is 1.60. The summed E-state index contributed by atoms with van der Waals surface area (Å²) in [4.78, 5) is 29.1. The SMILES string of the molecule is NC(=O)c1cccc(-c2ccc(Oc3ccc(C(F)(F)F)cc3CN3CCC[C@H]3C(N)=O)cc2)n1. The maximum atomic E-state index is 13.4. The minimum absolute atomic E-state index is 0.0920. The van der Waals surface area contributed by atoms with Crippen LogP contribution in [0.4, 0.5) is 13.2 Å². The third-order valence-corrected chi connectivity index (χ3v) is 5.83. The van der Waals surface area contributed by atoms with Crippen LogP contribution in [0.15, 0.2) is 60.7 Å². The number of halogens is 3. The molecule has 2 aromatic carbocycles. The van der Waals surface area contributed by atoms with Gasteiger partial charge in [-0.1, -0.05) is 6.07 Å². The van der Waals surface area contributed by atoms with Crippen molar-refractivity contribution in [1.29, 1.82) is 0 Å². The third-order valence-electron chi connectivity index (χ3n) is 5.83. The molecule has 1 atom stereocenters. The number of ether oxygens (including phenoxy) is 1. The summed E-state index contributed by atoms with van der Waals surface area (Å²) >= 11 is 0. The van der Waals surface area contributed by atoms with Gasteiger partial charge >= 0.3 is 6.18 Å². The summed E-state index contributed by atoms with van der Waals surface area (Å²) in [5.41, 5.74) is 11.6. The van der Waals surface area contributed by atoms with E-state index in [1.165, 1.54) is 12.1 Å². The lowest BCUT2D eigenvalue weighted by atomic mass is 10.1. The highest BCUT2D eigenvalue weighted by Gasteiger charge is 2.33. The highest BCUT2D eigenvalue weighted by molar-refractivity contribution is 5.91. The van der Waals surface area contributed by atoms with Crippen LogP contribution in [-0.4, -0.2) is 34.3 Å². The lowest BCUT2D eigenvalue weighted by Crippen LogP contribution is -2.39. The van der Waals surface area contributed by atoms with E-state index in [-0.39, 0.29) is 18.0 Å². The number of hydrogen-bond donors (Lipinski definition) is 2. The summed E-state index contributed by atoms with van der Waals surface area (Å²) < 4.78 is 46.0. The van der Waals surface area contributed by atoms with Gasteiger partial charge in [0.05, 0.1) is 17.3 Å². The first-order valence-electron chi connectivity index (χ1n) is 10.9. The predicted molar refractivity (Wildman–Crippen MR) is 122 cm³/mol. The molecule has 1 aromatic heterocycles. The first kappa shape index (κ1) is 24.2. The van der Waals surface area contributed by atoms with Gasteiger partial charge in [0, 0.05) is 17.7 Å². The minimum Gasteiger partial charge on any atom is -0.457 e. The quantitative estimate of drug-likeness (QED) is 0.524. The molecule has 1 aliphatic heterocycles. The maximum Gasteiger partial charge on any atom is 0.416 e. The zero-order valence-corrected chi connectivity index (χ0v) is 18.6. The molecule has 4 rings (SSSR count). The monoisotopic (exact) mass is 484 g/mol. The van der Waals surface area contributed by atoms with Crippen molar-refractivity contribution in [1.82, 2.24) is 9.88 Å². The van der Waals surface area contributed by atoms with E-state index in [2.05, 4.69) is 4.98 Å². The molecule has 0 bridgehead atoms. The number of nitrogens with two attached hydrogens (primary N) is 2. The molecule has 3 aromatic rings. The molecule has 182 valence electrons. The molecule has 0 radical (unpaired) electrons. The zero-order chi connectivity index (χ0) is 25.2. The number of pyridine rings is 1. The molecular formula is C25H23F3N4O3. The second kappa shape index (κ2) is 9.75. The van der Waals surface area contributed by atoms with E-state index in [1.807, 2.05) is 0 Å². The number of likely N-dealkylation sites (tertiary alicyclic amines) is 1. The van der Waals surface area contributed by atoms with Crippen molar-refractivity contribution in [3.8, 4) is 22.8 Å². The van der Waals surface area contributed by atoms with Gasteiger partial charge in [-0.3, -0.25) is 14.5 Å². The molecule has 35 heavy (non-hydrogen) atoms. The Morgan fingerprint density at radius 1 is 1.06 bits per heavy atom. The summed E-state index contributed by atoms with van der Waals surface area (Å²) in [5, 5.41) is 0. The van der Waals surface area contributed by atoms with Crippen LogP contribution < -0.4 is 16.2 Å². The molecule has 2 heterocycles. The topological polar surface area (TPSA) is 112 Å². The molecule has 0 saturated carbocycles. The molecule has 0 spiro atoms. The van der Waals surface area contributed by atoms with Crippen LogP contribution in [0, 0.1) is 0 Å². The molecule has 1 aliphatic rings. The van der Waals surface area contributed by atoms with E-state index in [1.54, 1.807) is 41.3 Å². The Hall–Kier alpha value is -3.92. The van der Waals surface area contributed by atoms with Crippen molar-refractivity contribution in [2.75, 3.05) is 6.54 Å². The number of carbonyl (C=O) groups excluding carboxylic acids is 2. The van der Waals surface area contributed by atoms with Crippen LogP contribution in [0.2, 0.25) is 0 Å². The normalized spacial score (nSPS) is 16.3. The number of amides is 2.